The van der Waals surface area contributed by atoms with Crippen LogP contribution in [0.1, 0.15) is 42.7 Å². The van der Waals surface area contributed by atoms with Gasteiger partial charge in [-0.3, -0.25) is 14.5 Å². The van der Waals surface area contributed by atoms with E-state index in [-0.39, 0.29) is 24.3 Å². The summed E-state index contributed by atoms with van der Waals surface area (Å²) in [4.78, 5) is 30.2. The van der Waals surface area contributed by atoms with Gasteiger partial charge < -0.3 is 15.6 Å². The highest BCUT2D eigenvalue weighted by molar-refractivity contribution is 5.90. The fourth-order valence-corrected chi connectivity index (χ4v) is 4.01. The van der Waals surface area contributed by atoms with E-state index in [0.717, 1.165) is 30.6 Å². The fourth-order valence-electron chi connectivity index (χ4n) is 4.01. The molecule has 2 amide bonds. The smallest absolute Gasteiger partial charge is 0.237 e. The first-order valence-electron chi connectivity index (χ1n) is 9.83. The molecule has 3 rings (SSSR count). The zero-order chi connectivity index (χ0) is 19.6. The Labute approximate surface area is 160 Å². The summed E-state index contributed by atoms with van der Waals surface area (Å²) in [6, 6.07) is 3.93. The van der Waals surface area contributed by atoms with E-state index in [1.54, 1.807) is 0 Å². The van der Waals surface area contributed by atoms with Crippen LogP contribution < -0.4 is 10.6 Å². The van der Waals surface area contributed by atoms with Crippen LogP contribution >= 0.6 is 0 Å². The molecule has 1 aromatic heterocycles. The molecule has 0 aliphatic carbocycles. The number of aromatic amines is 1. The number of fused-ring (bicyclic) bond motifs is 1. The topological polar surface area (TPSA) is 77.2 Å². The minimum atomic E-state index is -0.374. The van der Waals surface area contributed by atoms with Crippen molar-refractivity contribution in [1.29, 1.82) is 0 Å². The predicted octanol–water partition coefficient (Wildman–Crippen LogP) is 2.17. The van der Waals surface area contributed by atoms with Crippen LogP contribution in [-0.2, 0) is 22.6 Å². The number of H-pyrrole nitrogens is 1. The Bertz CT molecular complexity index is 855. The highest BCUT2D eigenvalue weighted by atomic mass is 16.2. The Morgan fingerprint density at radius 1 is 1.30 bits per heavy atom. The molecule has 1 aromatic carbocycles. The molecule has 0 spiro atoms. The number of aryl methyl sites for hydroxylation is 3. The van der Waals surface area contributed by atoms with Gasteiger partial charge in [0.25, 0.3) is 0 Å². The molecule has 0 unspecified atom stereocenters. The molecule has 27 heavy (non-hydrogen) atoms. The lowest BCUT2D eigenvalue weighted by molar-refractivity contribution is -0.133. The maximum Gasteiger partial charge on any atom is 0.237 e. The van der Waals surface area contributed by atoms with Crippen LogP contribution in [0.25, 0.3) is 10.9 Å². The number of hydrogen-bond donors (Lipinski definition) is 3. The van der Waals surface area contributed by atoms with Gasteiger partial charge in [0.05, 0.1) is 18.0 Å². The number of benzene rings is 1. The van der Waals surface area contributed by atoms with Crippen LogP contribution in [0.2, 0.25) is 0 Å². The third-order valence-corrected chi connectivity index (χ3v) is 5.55. The second-order valence-corrected chi connectivity index (χ2v) is 7.34. The molecule has 6 nitrogen and oxygen atoms in total. The Kier molecular flexibility index (Phi) is 5.85. The van der Waals surface area contributed by atoms with Gasteiger partial charge in [0.15, 0.2) is 0 Å². The molecule has 2 heterocycles. The number of nitrogens with zero attached hydrogens (tertiary/aromatic N) is 1. The highest BCUT2D eigenvalue weighted by Gasteiger charge is 2.30. The summed E-state index contributed by atoms with van der Waals surface area (Å²) < 4.78 is 0. The third-order valence-electron chi connectivity index (χ3n) is 5.55. The number of likely N-dealkylation sites (N-methyl/N-ethyl adjacent to an activating group) is 1. The molecule has 0 bridgehead atoms. The van der Waals surface area contributed by atoms with E-state index in [1.165, 1.54) is 22.2 Å². The van der Waals surface area contributed by atoms with E-state index in [0.29, 0.717) is 13.1 Å². The van der Waals surface area contributed by atoms with Gasteiger partial charge in [-0.2, -0.15) is 0 Å². The molecule has 0 saturated carbocycles. The van der Waals surface area contributed by atoms with Gasteiger partial charge in [-0.05, 0) is 44.0 Å². The lowest BCUT2D eigenvalue weighted by Gasteiger charge is -2.33. The van der Waals surface area contributed by atoms with E-state index in [4.69, 9.17) is 0 Å². The molecule has 1 aliphatic heterocycles. The monoisotopic (exact) mass is 370 g/mol. The second kappa shape index (κ2) is 8.13. The molecule has 2 aromatic rings. The van der Waals surface area contributed by atoms with Crippen LogP contribution in [0.15, 0.2) is 12.1 Å². The van der Waals surface area contributed by atoms with Gasteiger partial charge in [0, 0.05) is 30.7 Å². The van der Waals surface area contributed by atoms with Crippen molar-refractivity contribution >= 4 is 22.7 Å². The van der Waals surface area contributed by atoms with E-state index in [1.807, 2.05) is 6.92 Å². The molecular formula is C21H30N4O2. The van der Waals surface area contributed by atoms with E-state index in [9.17, 15) is 9.59 Å². The third kappa shape index (κ3) is 4.00. The zero-order valence-electron chi connectivity index (χ0n) is 16.7. The van der Waals surface area contributed by atoms with E-state index >= 15 is 0 Å². The Morgan fingerprint density at radius 3 is 2.78 bits per heavy atom. The molecular weight excluding hydrogens is 340 g/mol. The highest BCUT2D eigenvalue weighted by Crippen LogP contribution is 2.26. The summed E-state index contributed by atoms with van der Waals surface area (Å²) in [5, 5.41) is 7.09. The maximum absolute atomic E-state index is 12.5. The summed E-state index contributed by atoms with van der Waals surface area (Å²) in [5.74, 6) is -0.145. The van der Waals surface area contributed by atoms with Crippen molar-refractivity contribution in [2.75, 3.05) is 19.6 Å². The van der Waals surface area contributed by atoms with Crippen LogP contribution in [0.3, 0.4) is 0 Å². The fraction of sp³-hybridized carbons (Fsp3) is 0.524. The van der Waals surface area contributed by atoms with Gasteiger partial charge in [-0.25, -0.2) is 0 Å². The van der Waals surface area contributed by atoms with Crippen molar-refractivity contribution in [3.8, 4) is 0 Å². The quantitative estimate of drug-likeness (QED) is 0.729. The number of piperazine rings is 1. The normalized spacial score (nSPS) is 17.9. The lowest BCUT2D eigenvalue weighted by Crippen LogP contribution is -2.56. The van der Waals surface area contributed by atoms with E-state index < -0.39 is 0 Å². The largest absolute Gasteiger partial charge is 0.358 e. The van der Waals surface area contributed by atoms with Crippen LogP contribution in [0, 0.1) is 13.8 Å². The van der Waals surface area contributed by atoms with Gasteiger partial charge in [-0.15, -0.1) is 0 Å². The van der Waals surface area contributed by atoms with Gasteiger partial charge >= 0.3 is 0 Å². The number of aromatic nitrogens is 1. The minimum Gasteiger partial charge on any atom is -0.358 e. The average Bonchev–Trinajstić information content (AvgIpc) is 2.97. The summed E-state index contributed by atoms with van der Waals surface area (Å²) in [5.41, 5.74) is 5.88. The maximum atomic E-state index is 12.5. The summed E-state index contributed by atoms with van der Waals surface area (Å²) in [7, 11) is 0. The number of rotatable bonds is 6. The zero-order valence-corrected chi connectivity index (χ0v) is 16.7. The standard InChI is InChI=1S/C21H30N4O2/c1-5-17-14(4)16-10-13(3)9-15(20(16)24-17)12-23-19(26)11-18-21(27)22-7-8-25(18)6-2/h9-10,18,24H,5-8,11-12H2,1-4H3,(H,22,27)(H,23,26)/t18-/m1/s1. The summed E-state index contributed by atoms with van der Waals surface area (Å²) in [6.45, 7) is 11.0. The molecule has 1 fully saturated rings. The summed E-state index contributed by atoms with van der Waals surface area (Å²) >= 11 is 0. The van der Waals surface area contributed by atoms with Crippen molar-refractivity contribution < 1.29 is 9.59 Å². The van der Waals surface area contributed by atoms with Crippen LogP contribution in [0.5, 0.6) is 0 Å². The molecule has 1 atom stereocenters. The molecule has 1 aliphatic rings. The van der Waals surface area contributed by atoms with Crippen molar-refractivity contribution in [3.63, 3.8) is 0 Å². The van der Waals surface area contributed by atoms with Crippen molar-refractivity contribution in [3.05, 3.63) is 34.5 Å². The predicted molar refractivity (Wildman–Crippen MR) is 108 cm³/mol. The minimum absolute atomic E-state index is 0.0521. The molecule has 0 radical (unpaired) electrons. The van der Waals surface area contributed by atoms with E-state index in [2.05, 4.69) is 53.4 Å². The number of carbonyl (C=O) groups is 2. The first-order valence-corrected chi connectivity index (χ1v) is 9.83. The first kappa shape index (κ1) is 19.4. The van der Waals surface area contributed by atoms with Gasteiger partial charge in [0.2, 0.25) is 11.8 Å². The molecule has 6 heteroatoms. The summed E-state index contributed by atoms with van der Waals surface area (Å²) in [6.07, 6.45) is 1.15. The van der Waals surface area contributed by atoms with Gasteiger partial charge in [-0.1, -0.05) is 25.5 Å². The molecule has 146 valence electrons. The number of nitrogens with one attached hydrogen (secondary N) is 3. The van der Waals surface area contributed by atoms with Crippen molar-refractivity contribution in [1.82, 2.24) is 20.5 Å². The van der Waals surface area contributed by atoms with Gasteiger partial charge in [0.1, 0.15) is 0 Å². The second-order valence-electron chi connectivity index (χ2n) is 7.34. The van der Waals surface area contributed by atoms with Crippen molar-refractivity contribution in [2.24, 2.45) is 0 Å². The average molecular weight is 370 g/mol. The number of amides is 2. The van der Waals surface area contributed by atoms with Crippen LogP contribution in [-0.4, -0.2) is 47.4 Å². The van der Waals surface area contributed by atoms with Crippen molar-refractivity contribution in [2.45, 2.75) is 53.1 Å². The number of carbonyl (C=O) groups excluding carboxylic acids is 2. The number of hydrogen-bond acceptors (Lipinski definition) is 3. The first-order chi connectivity index (χ1) is 12.9. The SMILES string of the molecule is CCc1[nH]c2c(CNC(=O)C[C@@H]3C(=O)NCCN3CC)cc(C)cc2c1C. The lowest BCUT2D eigenvalue weighted by atomic mass is 10.0. The van der Waals surface area contributed by atoms with Crippen LogP contribution in [0.4, 0.5) is 0 Å². The molecule has 3 N–H and O–H groups in total. The Morgan fingerprint density at radius 2 is 2.07 bits per heavy atom. The Balaban J connectivity index is 1.72. The molecule has 1 saturated heterocycles. The Hall–Kier alpha value is -2.34.